The Hall–Kier alpha value is -1.05. The lowest BCUT2D eigenvalue weighted by Gasteiger charge is -2.13. The molecular weight excluding hydrogens is 319 g/mol. The highest BCUT2D eigenvalue weighted by atomic mass is 35.7. The average molecular weight is 330 g/mol. The zero-order valence-electron chi connectivity index (χ0n) is 10.2. The third kappa shape index (κ3) is 5.94. The second kappa shape index (κ2) is 7.10. The van der Waals surface area contributed by atoms with E-state index in [4.69, 9.17) is 21.0 Å². The molecule has 0 heterocycles. The van der Waals surface area contributed by atoms with E-state index >= 15 is 0 Å². The summed E-state index contributed by atoms with van der Waals surface area (Å²) in [6.07, 6.45) is 0. The summed E-state index contributed by atoms with van der Waals surface area (Å²) in [5.41, 5.74) is 2.23. The first-order valence-electron chi connectivity index (χ1n) is 5.26. The minimum Gasteiger partial charge on any atom is -0.379 e. The van der Waals surface area contributed by atoms with Crippen molar-refractivity contribution in [2.45, 2.75) is 19.6 Å². The molecule has 112 valence electrons. The van der Waals surface area contributed by atoms with E-state index in [9.17, 15) is 18.1 Å². The zero-order chi connectivity index (χ0) is 15.3. The van der Waals surface area contributed by atoms with Crippen molar-refractivity contribution in [1.82, 2.24) is 5.48 Å². The van der Waals surface area contributed by atoms with E-state index < -0.39 is 30.6 Å². The fourth-order valence-corrected chi connectivity index (χ4v) is 1.71. The molecule has 20 heavy (non-hydrogen) atoms. The highest BCUT2D eigenvalue weighted by Crippen LogP contribution is 2.47. The monoisotopic (exact) mass is 329 g/mol. The second-order valence-electron chi connectivity index (χ2n) is 3.73. The minimum absolute atomic E-state index is 0.0599. The van der Waals surface area contributed by atoms with Gasteiger partial charge in [-0.3, -0.25) is 4.84 Å². The molecule has 0 spiro atoms. The van der Waals surface area contributed by atoms with Crippen LogP contribution in [0.3, 0.4) is 0 Å². The maximum absolute atomic E-state index is 13.2. The normalized spacial score (nSPS) is 15.4. The first-order valence-corrected chi connectivity index (χ1v) is 7.74. The van der Waals surface area contributed by atoms with Crippen LogP contribution in [0.4, 0.5) is 8.78 Å². The topological polar surface area (TPSA) is 84.9 Å². The Balaban J connectivity index is 2.44. The fourth-order valence-electron chi connectivity index (χ4n) is 1.12. The highest BCUT2D eigenvalue weighted by Gasteiger charge is 2.24. The van der Waals surface area contributed by atoms with Crippen molar-refractivity contribution in [3.05, 3.63) is 35.4 Å². The van der Waals surface area contributed by atoms with Gasteiger partial charge in [0.15, 0.2) is 0 Å². The molecule has 0 saturated carbocycles. The van der Waals surface area contributed by atoms with Gasteiger partial charge >= 0.3 is 12.9 Å². The second-order valence-corrected chi connectivity index (χ2v) is 6.09. The van der Waals surface area contributed by atoms with Gasteiger partial charge in [-0.25, -0.2) is 18.1 Å². The number of rotatable bonds is 6. The van der Waals surface area contributed by atoms with Crippen LogP contribution < -0.4 is 5.48 Å². The van der Waals surface area contributed by atoms with Crippen molar-refractivity contribution in [1.29, 1.82) is 0 Å². The van der Waals surface area contributed by atoms with E-state index in [0.717, 1.165) is 6.07 Å². The van der Waals surface area contributed by atoms with Crippen LogP contribution in [0.5, 0.6) is 0 Å². The van der Waals surface area contributed by atoms with Gasteiger partial charge in [0.25, 0.3) is 0 Å². The van der Waals surface area contributed by atoms with Crippen molar-refractivity contribution < 1.29 is 32.4 Å². The summed E-state index contributed by atoms with van der Waals surface area (Å²) in [6, 6.07) is 1.80. The summed E-state index contributed by atoms with van der Waals surface area (Å²) >= 11 is 4.85. The fraction of sp³-hybridized carbons (Fsp3) is 0.300. The molecule has 1 aromatic carbocycles. The van der Waals surface area contributed by atoms with E-state index in [1.165, 1.54) is 13.0 Å². The Labute approximate surface area is 117 Å². The van der Waals surface area contributed by atoms with Gasteiger partial charge < -0.3 is 9.42 Å². The molecule has 6 nitrogen and oxygen atoms in total. The van der Waals surface area contributed by atoms with Crippen LogP contribution in [0.25, 0.3) is 0 Å². The van der Waals surface area contributed by atoms with Gasteiger partial charge in [-0.15, -0.1) is 0 Å². The molecule has 0 aliphatic carbocycles. The highest BCUT2D eigenvalue weighted by molar-refractivity contribution is 7.80. The summed E-state index contributed by atoms with van der Waals surface area (Å²) in [7, 11) is 0. The molecule has 1 rings (SSSR count). The molecule has 0 aliphatic heterocycles. The van der Waals surface area contributed by atoms with Gasteiger partial charge in [-0.05, 0) is 13.0 Å². The molecule has 10 heteroatoms. The van der Waals surface area contributed by atoms with Crippen molar-refractivity contribution in [3.8, 4) is 0 Å². The maximum atomic E-state index is 13.2. The first-order chi connectivity index (χ1) is 9.19. The number of halogens is 3. The molecule has 0 aromatic heterocycles. The number of hydrogen-bond donors (Lipinski definition) is 2. The number of carbonyl (C=O) groups is 1. The molecule has 1 unspecified atom stereocenters. The third-order valence-corrected chi connectivity index (χ3v) is 2.67. The van der Waals surface area contributed by atoms with Crippen LogP contribution in [-0.4, -0.2) is 16.9 Å². The van der Waals surface area contributed by atoms with Gasteiger partial charge in [0.05, 0.1) is 6.61 Å². The predicted molar refractivity (Wildman–Crippen MR) is 65.5 cm³/mol. The Morgan fingerprint density at radius 3 is 2.75 bits per heavy atom. The van der Waals surface area contributed by atoms with Gasteiger partial charge in [0, 0.05) is 22.9 Å². The summed E-state index contributed by atoms with van der Waals surface area (Å²) in [4.78, 5) is 24.6. The van der Waals surface area contributed by atoms with E-state index in [1.54, 1.807) is 0 Å². The summed E-state index contributed by atoms with van der Waals surface area (Å²) in [5, 5.41) is 0. The van der Waals surface area contributed by atoms with E-state index in [0.29, 0.717) is 6.07 Å². The lowest BCUT2D eigenvalue weighted by atomic mass is 10.2. The third-order valence-electron chi connectivity index (χ3n) is 2.06. The summed E-state index contributed by atoms with van der Waals surface area (Å²) in [6.45, 7) is -3.47. The number of carbonyl (C=O) groups excluding carboxylic acids is 1. The molecule has 0 radical (unpaired) electrons. The molecule has 0 aliphatic rings. The quantitative estimate of drug-likeness (QED) is 0.615. The van der Waals surface area contributed by atoms with Gasteiger partial charge in [0.1, 0.15) is 17.7 Å². The van der Waals surface area contributed by atoms with E-state index in [-0.39, 0.29) is 12.2 Å². The summed E-state index contributed by atoms with van der Waals surface area (Å²) in [5.74, 6) is -2.65. The van der Waals surface area contributed by atoms with Crippen LogP contribution in [0, 0.1) is 11.6 Å². The molecule has 0 amide bonds. The molecule has 0 bridgehead atoms. The summed E-state index contributed by atoms with van der Waals surface area (Å²) < 4.78 is 40.5. The first kappa shape index (κ1) is 17.0. The molecule has 0 saturated heterocycles. The van der Waals surface area contributed by atoms with Crippen molar-refractivity contribution in [2.75, 3.05) is 0 Å². The van der Waals surface area contributed by atoms with Crippen LogP contribution in [0.15, 0.2) is 18.2 Å². The Kier molecular flexibility index (Phi) is 6.04. The van der Waals surface area contributed by atoms with Gasteiger partial charge in [-0.1, -0.05) is 6.07 Å². The smallest absolute Gasteiger partial charge is 0.379 e. The number of hydrogen-bond acceptors (Lipinski definition) is 5. The van der Waals surface area contributed by atoms with Crippen LogP contribution >= 0.6 is 18.2 Å². The lowest BCUT2D eigenvalue weighted by molar-refractivity contribution is -0.141. The van der Waals surface area contributed by atoms with Gasteiger partial charge in [-0.2, -0.15) is 5.48 Å². The zero-order valence-corrected chi connectivity index (χ0v) is 11.8. The lowest BCUT2D eigenvalue weighted by Crippen LogP contribution is -2.34. The van der Waals surface area contributed by atoms with Crippen molar-refractivity contribution in [3.63, 3.8) is 0 Å². The molecule has 0 fully saturated rings. The molecule has 2 atom stereocenters. The van der Waals surface area contributed by atoms with Crippen LogP contribution in [0.2, 0.25) is 0 Å². The number of nitrogens with one attached hydrogen (secondary N) is 1. The van der Waals surface area contributed by atoms with Crippen molar-refractivity contribution in [2.24, 2.45) is 0 Å². The van der Waals surface area contributed by atoms with E-state index in [1.807, 2.05) is 0 Å². The largest absolute Gasteiger partial charge is 0.476 e. The molecular formula is C10H11ClF2NO5P. The Bertz CT molecular complexity index is 538. The molecule has 2 N–H and O–H groups in total. The number of benzene rings is 1. The number of hydroxylamine groups is 1. The SMILES string of the molecule is C[C@H](NOCc1ccc(F)cc1F)C(=O)OP(=O)(O)Cl. The standard InChI is InChI=1S/C10H11ClF2NO5P/c1-6(10(15)19-20(11,16)17)14-18-5-7-2-3-8(12)4-9(7)13/h2-4,6,14H,5H2,1H3,(H,16,17)/t6-/m0/s1. The predicted octanol–water partition coefficient (Wildman–Crippen LogP) is 2.26. The van der Waals surface area contributed by atoms with E-state index in [2.05, 4.69) is 10.0 Å². The Morgan fingerprint density at radius 2 is 2.20 bits per heavy atom. The van der Waals surface area contributed by atoms with Gasteiger partial charge in [0.2, 0.25) is 0 Å². The van der Waals surface area contributed by atoms with Crippen LogP contribution in [0.1, 0.15) is 12.5 Å². The maximum Gasteiger partial charge on any atom is 0.476 e. The average Bonchev–Trinajstić information content (AvgIpc) is 2.29. The molecule has 1 aromatic rings. The Morgan fingerprint density at radius 1 is 1.55 bits per heavy atom. The minimum atomic E-state index is -4.45. The van der Waals surface area contributed by atoms with Crippen LogP contribution in [-0.2, 0) is 25.3 Å². The van der Waals surface area contributed by atoms with Crippen molar-refractivity contribution >= 4 is 24.2 Å².